The first-order valence-corrected chi connectivity index (χ1v) is 5.76. The Balaban J connectivity index is 3.03. The minimum atomic E-state index is -4.54. The third kappa shape index (κ3) is 1.58. The number of phenols is 2. The van der Waals surface area contributed by atoms with E-state index in [1.54, 1.807) is 0 Å². The second kappa shape index (κ2) is 3.36. The van der Waals surface area contributed by atoms with Gasteiger partial charge in [-0.25, -0.2) is 0 Å². The van der Waals surface area contributed by atoms with Gasteiger partial charge >= 0.3 is 0 Å². The molecule has 0 atom stereocenters. The van der Waals surface area contributed by atoms with Gasteiger partial charge in [0.05, 0.1) is 0 Å². The summed E-state index contributed by atoms with van der Waals surface area (Å²) in [5.74, 6) is -0.678. The molecule has 0 aliphatic rings. The van der Waals surface area contributed by atoms with Crippen LogP contribution in [0, 0.1) is 0 Å². The van der Waals surface area contributed by atoms with Gasteiger partial charge in [-0.3, -0.25) is 4.55 Å². The molecule has 0 amide bonds. The molecule has 2 aromatic carbocycles. The van der Waals surface area contributed by atoms with Crippen LogP contribution in [0.1, 0.15) is 0 Å². The lowest BCUT2D eigenvalue weighted by molar-refractivity contribution is 0.445. The lowest BCUT2D eigenvalue weighted by Crippen LogP contribution is -1.99. The van der Waals surface area contributed by atoms with Gasteiger partial charge in [-0.2, -0.15) is 8.42 Å². The topological polar surface area (TPSA) is 94.8 Å². The van der Waals surface area contributed by atoms with E-state index < -0.39 is 20.8 Å². The summed E-state index contributed by atoms with van der Waals surface area (Å²) in [6.45, 7) is 0. The third-order valence-corrected chi connectivity index (χ3v) is 3.17. The summed E-state index contributed by atoms with van der Waals surface area (Å²) in [5, 5.41) is 19.2. The number of rotatable bonds is 1. The molecule has 2 rings (SSSR count). The Morgan fingerprint density at radius 1 is 0.875 bits per heavy atom. The zero-order valence-electron chi connectivity index (χ0n) is 7.95. The molecule has 0 radical (unpaired) electrons. The van der Waals surface area contributed by atoms with Crippen molar-refractivity contribution in [2.75, 3.05) is 0 Å². The zero-order chi connectivity index (χ0) is 11.9. The normalized spacial score (nSPS) is 11.8. The molecule has 0 saturated carbocycles. The summed E-state index contributed by atoms with van der Waals surface area (Å²) in [7, 11) is -4.54. The summed E-state index contributed by atoms with van der Waals surface area (Å²) in [5.41, 5.74) is 0. The second-order valence-corrected chi connectivity index (χ2v) is 4.62. The van der Waals surface area contributed by atoms with E-state index in [1.165, 1.54) is 24.3 Å². The average Bonchev–Trinajstić information content (AvgIpc) is 2.15. The van der Waals surface area contributed by atoms with Crippen molar-refractivity contribution in [2.45, 2.75) is 4.90 Å². The second-order valence-electron chi connectivity index (χ2n) is 3.26. The molecule has 5 nitrogen and oxygen atoms in total. The lowest BCUT2D eigenvalue weighted by Gasteiger charge is -2.07. The maximum atomic E-state index is 11.1. The predicted octanol–water partition coefficient (Wildman–Crippen LogP) is 1.50. The fourth-order valence-corrected chi connectivity index (χ4v) is 2.36. The number of fused-ring (bicyclic) bond motifs is 1. The molecule has 84 valence electrons. The SMILES string of the molecule is O=S(=O)(O)c1c(O)ccc2c(O)cccc12. The fourth-order valence-electron chi connectivity index (χ4n) is 1.57. The Bertz CT molecular complexity index is 660. The van der Waals surface area contributed by atoms with E-state index in [1.807, 2.05) is 0 Å². The molecule has 0 spiro atoms. The van der Waals surface area contributed by atoms with Gasteiger partial charge in [0.1, 0.15) is 16.4 Å². The van der Waals surface area contributed by atoms with Gasteiger partial charge in [-0.05, 0) is 18.2 Å². The highest BCUT2D eigenvalue weighted by molar-refractivity contribution is 7.86. The minimum absolute atomic E-state index is 0.0718. The number of phenolic OH excluding ortho intramolecular Hbond substituents is 2. The van der Waals surface area contributed by atoms with E-state index in [0.29, 0.717) is 0 Å². The zero-order valence-corrected chi connectivity index (χ0v) is 8.77. The fraction of sp³-hybridized carbons (Fsp3) is 0. The van der Waals surface area contributed by atoms with Crippen molar-refractivity contribution in [1.82, 2.24) is 0 Å². The Hall–Kier alpha value is -1.79. The Labute approximate surface area is 91.3 Å². The third-order valence-electron chi connectivity index (χ3n) is 2.23. The van der Waals surface area contributed by atoms with Gasteiger partial charge in [0.2, 0.25) is 0 Å². The molecule has 16 heavy (non-hydrogen) atoms. The molecule has 0 bridgehead atoms. The predicted molar refractivity (Wildman–Crippen MR) is 57.1 cm³/mol. The molecule has 0 saturated heterocycles. The first kappa shape index (κ1) is 10.7. The van der Waals surface area contributed by atoms with E-state index in [-0.39, 0.29) is 16.5 Å². The van der Waals surface area contributed by atoms with Crippen LogP contribution < -0.4 is 0 Å². The molecule has 0 unspecified atom stereocenters. The van der Waals surface area contributed by atoms with Crippen LogP contribution in [0.3, 0.4) is 0 Å². The van der Waals surface area contributed by atoms with Gasteiger partial charge in [-0.1, -0.05) is 12.1 Å². The summed E-state index contributed by atoms with van der Waals surface area (Å²) in [4.78, 5) is -0.596. The summed E-state index contributed by atoms with van der Waals surface area (Å²) in [6.07, 6.45) is 0. The van der Waals surface area contributed by atoms with Crippen LogP contribution >= 0.6 is 0 Å². The quantitative estimate of drug-likeness (QED) is 0.656. The molecule has 0 heterocycles. The van der Waals surface area contributed by atoms with Gasteiger partial charge in [0.25, 0.3) is 10.1 Å². The monoisotopic (exact) mass is 240 g/mol. The lowest BCUT2D eigenvalue weighted by atomic mass is 10.1. The number of hydrogen-bond donors (Lipinski definition) is 3. The van der Waals surface area contributed by atoms with Crippen molar-refractivity contribution in [2.24, 2.45) is 0 Å². The Morgan fingerprint density at radius 2 is 1.56 bits per heavy atom. The van der Waals surface area contributed by atoms with Gasteiger partial charge < -0.3 is 10.2 Å². The van der Waals surface area contributed by atoms with E-state index in [0.717, 1.165) is 6.07 Å². The average molecular weight is 240 g/mol. The van der Waals surface area contributed by atoms with Crippen molar-refractivity contribution in [3.05, 3.63) is 30.3 Å². The maximum Gasteiger partial charge on any atom is 0.298 e. The molecule has 3 N–H and O–H groups in total. The molecular formula is C10H8O5S. The highest BCUT2D eigenvalue weighted by Crippen LogP contribution is 2.34. The minimum Gasteiger partial charge on any atom is -0.507 e. The molecule has 0 aliphatic heterocycles. The van der Waals surface area contributed by atoms with Gasteiger partial charge in [0.15, 0.2) is 0 Å². The van der Waals surface area contributed by atoms with Crippen LogP contribution in [0.25, 0.3) is 10.8 Å². The molecule has 2 aromatic rings. The first-order chi connectivity index (χ1) is 7.41. The van der Waals surface area contributed by atoms with Crippen LogP contribution in [0.4, 0.5) is 0 Å². The Morgan fingerprint density at radius 3 is 2.19 bits per heavy atom. The summed E-state index contributed by atoms with van der Waals surface area (Å²) in [6, 6.07) is 6.66. The number of benzene rings is 2. The van der Waals surface area contributed by atoms with E-state index >= 15 is 0 Å². The number of aromatic hydroxyl groups is 2. The van der Waals surface area contributed by atoms with Gasteiger partial charge in [0, 0.05) is 10.8 Å². The van der Waals surface area contributed by atoms with E-state index in [2.05, 4.69) is 0 Å². The largest absolute Gasteiger partial charge is 0.507 e. The van der Waals surface area contributed by atoms with Crippen LogP contribution in [0.2, 0.25) is 0 Å². The van der Waals surface area contributed by atoms with Crippen molar-refractivity contribution in [1.29, 1.82) is 0 Å². The molecular weight excluding hydrogens is 232 g/mol. The standard InChI is InChI=1S/C10H8O5S/c11-8-3-1-2-7-6(8)4-5-9(12)10(7)16(13,14)15/h1-5,11-12H,(H,13,14,15). The van der Waals surface area contributed by atoms with Crippen molar-refractivity contribution in [3.63, 3.8) is 0 Å². The number of hydrogen-bond acceptors (Lipinski definition) is 4. The molecule has 0 fully saturated rings. The van der Waals surface area contributed by atoms with E-state index in [4.69, 9.17) is 4.55 Å². The van der Waals surface area contributed by atoms with Crippen LogP contribution in [0.15, 0.2) is 35.2 Å². The van der Waals surface area contributed by atoms with Gasteiger partial charge in [-0.15, -0.1) is 0 Å². The maximum absolute atomic E-state index is 11.1. The molecule has 0 aliphatic carbocycles. The molecule has 6 heteroatoms. The first-order valence-electron chi connectivity index (χ1n) is 4.32. The highest BCUT2D eigenvalue weighted by atomic mass is 32.2. The van der Waals surface area contributed by atoms with E-state index in [9.17, 15) is 18.6 Å². The molecule has 0 aromatic heterocycles. The van der Waals surface area contributed by atoms with Crippen molar-refractivity contribution in [3.8, 4) is 11.5 Å². The smallest absolute Gasteiger partial charge is 0.298 e. The van der Waals surface area contributed by atoms with Crippen molar-refractivity contribution >= 4 is 20.9 Å². The van der Waals surface area contributed by atoms with Crippen LogP contribution in [-0.4, -0.2) is 23.2 Å². The summed E-state index contributed by atoms with van der Waals surface area (Å²) < 4.78 is 31.2. The van der Waals surface area contributed by atoms with Crippen molar-refractivity contribution < 1.29 is 23.2 Å². The Kier molecular flexibility index (Phi) is 2.25. The highest BCUT2D eigenvalue weighted by Gasteiger charge is 2.19. The van der Waals surface area contributed by atoms with Crippen LogP contribution in [0.5, 0.6) is 11.5 Å². The summed E-state index contributed by atoms with van der Waals surface area (Å²) >= 11 is 0. The van der Waals surface area contributed by atoms with Crippen LogP contribution in [-0.2, 0) is 10.1 Å².